The van der Waals surface area contributed by atoms with E-state index in [-0.39, 0.29) is 24.6 Å². The SMILES string of the molecule is O=C(O)C1C#CC1c1ccc2nc(CN3CCC(Oc4cccc(COc5ccc(Cl)cc5F)n4)CC3)n(C[C@@H]3CCO3)c2n1. The Morgan fingerprint density at radius 2 is 1.93 bits per heavy atom. The maximum Gasteiger partial charge on any atom is 0.320 e. The number of benzene rings is 1. The van der Waals surface area contributed by atoms with E-state index in [1.807, 2.05) is 30.3 Å². The number of hydrogen-bond acceptors (Lipinski definition) is 8. The van der Waals surface area contributed by atoms with Gasteiger partial charge in [-0.3, -0.25) is 9.69 Å². The van der Waals surface area contributed by atoms with Crippen LogP contribution in [0.3, 0.4) is 0 Å². The summed E-state index contributed by atoms with van der Waals surface area (Å²) in [6.07, 6.45) is 2.75. The molecule has 2 unspecified atom stereocenters. The molecule has 232 valence electrons. The second kappa shape index (κ2) is 12.6. The number of halogens is 2. The number of pyridine rings is 2. The van der Waals surface area contributed by atoms with Gasteiger partial charge in [0.2, 0.25) is 5.88 Å². The zero-order valence-electron chi connectivity index (χ0n) is 24.4. The highest BCUT2D eigenvalue weighted by molar-refractivity contribution is 6.30. The first kappa shape index (κ1) is 29.5. The van der Waals surface area contributed by atoms with Crippen molar-refractivity contribution >= 4 is 28.7 Å². The predicted octanol–water partition coefficient (Wildman–Crippen LogP) is 4.83. The average Bonchev–Trinajstić information content (AvgIpc) is 3.31. The van der Waals surface area contributed by atoms with Gasteiger partial charge >= 0.3 is 5.97 Å². The third-order valence-corrected chi connectivity index (χ3v) is 8.66. The molecule has 10 nitrogen and oxygen atoms in total. The van der Waals surface area contributed by atoms with E-state index in [1.54, 1.807) is 6.07 Å². The average molecular weight is 632 g/mol. The molecular weight excluding hydrogens is 601 g/mol. The van der Waals surface area contributed by atoms with Crippen molar-refractivity contribution in [1.82, 2.24) is 24.4 Å². The fraction of sp³-hybridized carbons (Fsp3) is 0.394. The second-order valence-electron chi connectivity index (χ2n) is 11.5. The largest absolute Gasteiger partial charge is 0.484 e. The van der Waals surface area contributed by atoms with Crippen LogP contribution in [0, 0.1) is 23.6 Å². The molecule has 4 aromatic rings. The van der Waals surface area contributed by atoms with E-state index in [9.17, 15) is 14.3 Å². The van der Waals surface area contributed by atoms with Crippen molar-refractivity contribution in [3.63, 3.8) is 0 Å². The van der Waals surface area contributed by atoms with Crippen LogP contribution in [0.5, 0.6) is 11.6 Å². The lowest BCUT2D eigenvalue weighted by molar-refractivity contribution is -0.140. The Bertz CT molecular complexity index is 1790. The maximum absolute atomic E-state index is 14.1. The van der Waals surface area contributed by atoms with Crippen LogP contribution in [0.15, 0.2) is 48.5 Å². The molecule has 2 aliphatic heterocycles. The lowest BCUT2D eigenvalue weighted by Crippen LogP contribution is -2.39. The van der Waals surface area contributed by atoms with Crippen LogP contribution in [0.25, 0.3) is 11.2 Å². The van der Waals surface area contributed by atoms with Gasteiger partial charge in [0.25, 0.3) is 0 Å². The van der Waals surface area contributed by atoms with Gasteiger partial charge in [-0.15, -0.1) is 0 Å². The molecular formula is C33H31ClFN5O5. The van der Waals surface area contributed by atoms with Crippen molar-refractivity contribution < 1.29 is 28.5 Å². The molecule has 7 rings (SSSR count). The minimum absolute atomic E-state index is 0.0100. The number of piperidine rings is 1. The van der Waals surface area contributed by atoms with Crippen LogP contribution in [-0.4, -0.2) is 67.4 Å². The first-order valence-corrected chi connectivity index (χ1v) is 15.4. The van der Waals surface area contributed by atoms with Gasteiger partial charge in [-0.25, -0.2) is 19.3 Å². The highest BCUT2D eigenvalue weighted by atomic mass is 35.5. The summed E-state index contributed by atoms with van der Waals surface area (Å²) in [5.74, 6) is 4.64. The number of ether oxygens (including phenoxy) is 3. The minimum atomic E-state index is -0.923. The van der Waals surface area contributed by atoms with Crippen molar-refractivity contribution in [2.24, 2.45) is 5.92 Å². The van der Waals surface area contributed by atoms with Crippen LogP contribution in [0.2, 0.25) is 5.02 Å². The van der Waals surface area contributed by atoms with Gasteiger partial charge < -0.3 is 23.9 Å². The normalized spacial score (nSPS) is 21.4. The summed E-state index contributed by atoms with van der Waals surface area (Å²) in [7, 11) is 0. The number of aromatic nitrogens is 4. The zero-order valence-corrected chi connectivity index (χ0v) is 25.1. The number of rotatable bonds is 11. The highest BCUT2D eigenvalue weighted by Crippen LogP contribution is 2.31. The van der Waals surface area contributed by atoms with Crippen LogP contribution >= 0.6 is 11.6 Å². The van der Waals surface area contributed by atoms with Crippen LogP contribution in [0.1, 0.15) is 42.4 Å². The summed E-state index contributed by atoms with van der Waals surface area (Å²) >= 11 is 5.82. The fourth-order valence-electron chi connectivity index (χ4n) is 5.78. The van der Waals surface area contributed by atoms with Crippen molar-refractivity contribution in [3.05, 3.63) is 76.6 Å². The van der Waals surface area contributed by atoms with Crippen LogP contribution in [-0.2, 0) is 29.2 Å². The maximum atomic E-state index is 14.1. The quantitative estimate of drug-likeness (QED) is 0.233. The molecule has 1 aliphatic carbocycles. The topological polar surface area (TPSA) is 112 Å². The summed E-state index contributed by atoms with van der Waals surface area (Å²) in [5.41, 5.74) is 2.81. The van der Waals surface area contributed by atoms with E-state index in [2.05, 4.69) is 26.3 Å². The van der Waals surface area contributed by atoms with Crippen LogP contribution < -0.4 is 9.47 Å². The van der Waals surface area contributed by atoms with Gasteiger partial charge in [-0.1, -0.05) is 29.5 Å². The molecule has 3 aromatic heterocycles. The second-order valence-corrected chi connectivity index (χ2v) is 11.9. The van der Waals surface area contributed by atoms with Gasteiger partial charge in [0.05, 0.1) is 36.5 Å². The molecule has 2 saturated heterocycles. The van der Waals surface area contributed by atoms with E-state index < -0.39 is 23.6 Å². The number of fused-ring (bicyclic) bond motifs is 1. The fourth-order valence-corrected chi connectivity index (χ4v) is 5.94. The molecule has 0 saturated carbocycles. The lowest BCUT2D eigenvalue weighted by atomic mass is 9.83. The van der Waals surface area contributed by atoms with Gasteiger partial charge in [0.15, 0.2) is 17.2 Å². The minimum Gasteiger partial charge on any atom is -0.484 e. The number of carboxylic acid groups (broad SMARTS) is 1. The molecule has 45 heavy (non-hydrogen) atoms. The Morgan fingerprint density at radius 3 is 2.64 bits per heavy atom. The zero-order chi connectivity index (χ0) is 30.9. The number of aliphatic carboxylic acids is 1. The molecule has 12 heteroatoms. The van der Waals surface area contributed by atoms with E-state index >= 15 is 0 Å². The van der Waals surface area contributed by atoms with Gasteiger partial charge in [-0.05, 0) is 55.7 Å². The predicted molar refractivity (Wildman–Crippen MR) is 162 cm³/mol. The first-order chi connectivity index (χ1) is 21.9. The standard InChI is InChI=1S/C33H31ClFN5O5/c34-20-4-9-29(26(35)16-20)44-19-21-2-1-3-31(36-21)45-22-10-13-39(14-11-22)18-30-37-28-8-7-27(24-5-6-25(24)33(41)42)38-32(28)40(30)17-23-12-15-43-23/h1-4,7-9,16,22-25H,10-15,17-19H2,(H,41,42)/t23-,24?,25?/m0/s1. The van der Waals surface area contributed by atoms with Crippen LogP contribution in [0.4, 0.5) is 4.39 Å². The van der Waals surface area contributed by atoms with E-state index in [0.717, 1.165) is 55.9 Å². The summed E-state index contributed by atoms with van der Waals surface area (Å²) < 4.78 is 33.7. The molecule has 1 N–H and O–H groups in total. The van der Waals surface area contributed by atoms with Gasteiger partial charge in [-0.2, -0.15) is 0 Å². The van der Waals surface area contributed by atoms with E-state index in [0.29, 0.717) is 35.4 Å². The summed E-state index contributed by atoms with van der Waals surface area (Å²) in [6.45, 7) is 3.80. The molecule has 3 aliphatic rings. The third-order valence-electron chi connectivity index (χ3n) is 8.42. The number of likely N-dealkylation sites (tertiary alicyclic amines) is 1. The summed E-state index contributed by atoms with van der Waals surface area (Å²) in [5, 5.41) is 9.77. The van der Waals surface area contributed by atoms with Crippen molar-refractivity contribution in [2.75, 3.05) is 19.7 Å². The molecule has 0 bridgehead atoms. The molecule has 5 heterocycles. The van der Waals surface area contributed by atoms with E-state index in [1.165, 1.54) is 12.1 Å². The first-order valence-electron chi connectivity index (χ1n) is 15.0. The molecule has 2 fully saturated rings. The third kappa shape index (κ3) is 6.45. The number of hydrogen-bond donors (Lipinski definition) is 1. The van der Waals surface area contributed by atoms with Crippen molar-refractivity contribution in [2.45, 2.75) is 57.1 Å². The Hall–Kier alpha value is -4.24. The lowest BCUT2D eigenvalue weighted by Gasteiger charge is -2.32. The summed E-state index contributed by atoms with van der Waals surface area (Å²) in [6, 6.07) is 13.5. The van der Waals surface area contributed by atoms with Crippen molar-refractivity contribution in [1.29, 1.82) is 0 Å². The molecule has 0 spiro atoms. The monoisotopic (exact) mass is 631 g/mol. The molecule has 0 amide bonds. The Labute approximate surface area is 264 Å². The number of carbonyl (C=O) groups is 1. The van der Waals surface area contributed by atoms with Crippen molar-refractivity contribution in [3.8, 4) is 23.5 Å². The highest BCUT2D eigenvalue weighted by Gasteiger charge is 2.34. The Morgan fingerprint density at radius 1 is 1.09 bits per heavy atom. The summed E-state index contributed by atoms with van der Waals surface area (Å²) in [4.78, 5) is 28.2. The smallest absolute Gasteiger partial charge is 0.320 e. The molecule has 0 radical (unpaired) electrons. The molecule has 3 atom stereocenters. The number of carboxylic acids is 1. The number of nitrogens with zero attached hydrogens (tertiary/aromatic N) is 5. The Kier molecular flexibility index (Phi) is 8.27. The Balaban J connectivity index is 0.983. The number of imidazole rings is 1. The van der Waals surface area contributed by atoms with Gasteiger partial charge in [0, 0.05) is 30.8 Å². The molecule has 1 aromatic carbocycles. The van der Waals surface area contributed by atoms with Gasteiger partial charge in [0.1, 0.15) is 30.0 Å². The van der Waals surface area contributed by atoms with E-state index in [4.69, 9.17) is 35.8 Å².